The van der Waals surface area contributed by atoms with E-state index >= 15 is 0 Å². The highest BCUT2D eigenvalue weighted by molar-refractivity contribution is 6.07. The van der Waals surface area contributed by atoms with Crippen LogP contribution in [0.3, 0.4) is 0 Å². The molecule has 2 saturated heterocycles. The summed E-state index contributed by atoms with van der Waals surface area (Å²) >= 11 is 0. The summed E-state index contributed by atoms with van der Waals surface area (Å²) in [6, 6.07) is 9.94. The van der Waals surface area contributed by atoms with E-state index in [1.54, 1.807) is 0 Å². The SMILES string of the molecule is CC1CCCC(C)C12NC(=O)N(CN1CCC(NC(=O)CCc3ccccc3)CC1)C2=O. The number of nitrogens with one attached hydrogen (secondary N) is 2. The van der Waals surface area contributed by atoms with Crippen molar-refractivity contribution in [3.8, 4) is 0 Å². The number of rotatable bonds is 6. The number of amides is 4. The Morgan fingerprint density at radius 2 is 1.72 bits per heavy atom. The number of carbonyl (C=O) groups is 3. The molecule has 2 atom stereocenters. The fraction of sp³-hybridized carbons (Fsp3) is 0.640. The van der Waals surface area contributed by atoms with Gasteiger partial charge in [-0.3, -0.25) is 14.5 Å². The minimum absolute atomic E-state index is 0.0569. The van der Waals surface area contributed by atoms with Gasteiger partial charge in [0.25, 0.3) is 5.91 Å². The Labute approximate surface area is 190 Å². The molecular formula is C25H36N4O3. The molecule has 7 nitrogen and oxygen atoms in total. The molecular weight excluding hydrogens is 404 g/mol. The van der Waals surface area contributed by atoms with E-state index in [1.165, 1.54) is 10.5 Å². The first-order chi connectivity index (χ1) is 15.4. The third kappa shape index (κ3) is 4.53. The van der Waals surface area contributed by atoms with Gasteiger partial charge in [0.1, 0.15) is 5.54 Å². The maximum absolute atomic E-state index is 13.3. The molecule has 2 N–H and O–H groups in total. The highest BCUT2D eigenvalue weighted by Gasteiger charge is 2.58. The fourth-order valence-corrected chi connectivity index (χ4v) is 5.70. The van der Waals surface area contributed by atoms with Gasteiger partial charge in [0.2, 0.25) is 5.91 Å². The van der Waals surface area contributed by atoms with Gasteiger partial charge in [0, 0.05) is 25.6 Å². The molecule has 174 valence electrons. The molecule has 4 amide bonds. The molecule has 2 aliphatic heterocycles. The molecule has 3 aliphatic rings. The smallest absolute Gasteiger partial charge is 0.326 e. The van der Waals surface area contributed by atoms with Crippen molar-refractivity contribution in [1.82, 2.24) is 20.4 Å². The molecule has 1 saturated carbocycles. The van der Waals surface area contributed by atoms with Crippen molar-refractivity contribution < 1.29 is 14.4 Å². The molecule has 1 aliphatic carbocycles. The molecule has 0 bridgehead atoms. The Balaban J connectivity index is 1.25. The second kappa shape index (κ2) is 9.61. The standard InChI is InChI=1S/C25H36N4O3/c1-18-7-6-8-19(2)25(18)23(31)29(24(32)27-25)17-28-15-13-21(14-16-28)26-22(30)12-11-20-9-4-3-5-10-20/h3-5,9-10,18-19,21H,6-8,11-17H2,1-2H3,(H,26,30)(H,27,32). The fourth-order valence-electron chi connectivity index (χ4n) is 5.70. The maximum atomic E-state index is 13.3. The molecule has 4 rings (SSSR count). The van der Waals surface area contributed by atoms with Crippen molar-refractivity contribution >= 4 is 17.8 Å². The second-order valence-corrected chi connectivity index (χ2v) is 9.85. The Bertz CT molecular complexity index is 825. The molecule has 0 aromatic heterocycles. The van der Waals surface area contributed by atoms with Crippen LogP contribution in [0.15, 0.2) is 30.3 Å². The Morgan fingerprint density at radius 1 is 1.06 bits per heavy atom. The van der Waals surface area contributed by atoms with Crippen LogP contribution in [0, 0.1) is 11.8 Å². The molecule has 2 heterocycles. The topological polar surface area (TPSA) is 81.8 Å². The lowest BCUT2D eigenvalue weighted by Crippen LogP contribution is -2.59. The summed E-state index contributed by atoms with van der Waals surface area (Å²) in [6.45, 7) is 6.03. The average Bonchev–Trinajstić information content (AvgIpc) is 3.04. The van der Waals surface area contributed by atoms with Crippen LogP contribution in [-0.4, -0.2) is 59.0 Å². The third-order valence-electron chi connectivity index (χ3n) is 7.76. The first kappa shape index (κ1) is 22.8. The van der Waals surface area contributed by atoms with E-state index in [-0.39, 0.29) is 35.7 Å². The van der Waals surface area contributed by atoms with Crippen molar-refractivity contribution in [1.29, 1.82) is 0 Å². The van der Waals surface area contributed by atoms with Crippen LogP contribution in [0.25, 0.3) is 0 Å². The first-order valence-electron chi connectivity index (χ1n) is 12.1. The normalized spacial score (nSPS) is 29.4. The average molecular weight is 441 g/mol. The molecule has 1 aromatic rings. The molecule has 3 fully saturated rings. The van der Waals surface area contributed by atoms with Crippen molar-refractivity contribution in [2.75, 3.05) is 19.8 Å². The monoisotopic (exact) mass is 440 g/mol. The number of nitrogens with zero attached hydrogens (tertiary/aromatic N) is 2. The van der Waals surface area contributed by atoms with Gasteiger partial charge in [-0.1, -0.05) is 50.6 Å². The molecule has 1 aromatic carbocycles. The van der Waals surface area contributed by atoms with E-state index in [1.807, 2.05) is 30.3 Å². The molecule has 32 heavy (non-hydrogen) atoms. The van der Waals surface area contributed by atoms with E-state index in [0.29, 0.717) is 13.1 Å². The summed E-state index contributed by atoms with van der Waals surface area (Å²) in [4.78, 5) is 42.0. The lowest BCUT2D eigenvalue weighted by Gasteiger charge is -2.42. The summed E-state index contributed by atoms with van der Waals surface area (Å²) < 4.78 is 0. The molecule has 7 heteroatoms. The third-order valence-corrected chi connectivity index (χ3v) is 7.76. The van der Waals surface area contributed by atoms with Crippen LogP contribution < -0.4 is 10.6 Å². The summed E-state index contributed by atoms with van der Waals surface area (Å²) in [5.41, 5.74) is 0.436. The van der Waals surface area contributed by atoms with Gasteiger partial charge in [-0.25, -0.2) is 9.69 Å². The van der Waals surface area contributed by atoms with Crippen LogP contribution in [-0.2, 0) is 16.0 Å². The minimum atomic E-state index is -0.736. The van der Waals surface area contributed by atoms with Crippen LogP contribution in [0.1, 0.15) is 57.9 Å². The van der Waals surface area contributed by atoms with Gasteiger partial charge in [-0.15, -0.1) is 0 Å². The first-order valence-corrected chi connectivity index (χ1v) is 12.1. The Kier molecular flexibility index (Phi) is 6.84. The highest BCUT2D eigenvalue weighted by Crippen LogP contribution is 2.42. The maximum Gasteiger partial charge on any atom is 0.326 e. The summed E-state index contributed by atoms with van der Waals surface area (Å²) in [6.07, 6.45) is 5.95. The van der Waals surface area contributed by atoms with Gasteiger partial charge >= 0.3 is 6.03 Å². The van der Waals surface area contributed by atoms with Crippen LogP contribution in [0.2, 0.25) is 0 Å². The van der Waals surface area contributed by atoms with Crippen molar-refractivity contribution in [2.24, 2.45) is 11.8 Å². The summed E-state index contributed by atoms with van der Waals surface area (Å²) in [5, 5.41) is 6.23. The van der Waals surface area contributed by atoms with Gasteiger partial charge in [-0.05, 0) is 49.5 Å². The van der Waals surface area contributed by atoms with Crippen molar-refractivity contribution in [3.05, 3.63) is 35.9 Å². The summed E-state index contributed by atoms with van der Waals surface area (Å²) in [7, 11) is 0. The van der Waals surface area contributed by atoms with E-state index < -0.39 is 5.54 Å². The van der Waals surface area contributed by atoms with E-state index in [4.69, 9.17) is 0 Å². The Hall–Kier alpha value is -2.41. The van der Waals surface area contributed by atoms with Crippen LogP contribution in [0.4, 0.5) is 4.79 Å². The van der Waals surface area contributed by atoms with Crippen LogP contribution >= 0.6 is 0 Å². The molecule has 2 unspecified atom stereocenters. The summed E-state index contributed by atoms with van der Waals surface area (Å²) in [5.74, 6) is 0.344. The Morgan fingerprint density at radius 3 is 2.38 bits per heavy atom. The predicted molar refractivity (Wildman–Crippen MR) is 123 cm³/mol. The lowest BCUT2D eigenvalue weighted by molar-refractivity contribution is -0.138. The highest BCUT2D eigenvalue weighted by atomic mass is 16.2. The van der Waals surface area contributed by atoms with Gasteiger partial charge in [0.05, 0.1) is 6.67 Å². The zero-order chi connectivity index (χ0) is 22.7. The van der Waals surface area contributed by atoms with Gasteiger partial charge < -0.3 is 10.6 Å². The quantitative estimate of drug-likeness (QED) is 0.667. The predicted octanol–water partition coefficient (Wildman–Crippen LogP) is 2.90. The minimum Gasteiger partial charge on any atom is -0.353 e. The van der Waals surface area contributed by atoms with E-state index in [0.717, 1.165) is 51.6 Å². The van der Waals surface area contributed by atoms with Gasteiger partial charge in [-0.2, -0.15) is 0 Å². The molecule has 0 radical (unpaired) electrons. The molecule has 1 spiro atoms. The number of aryl methyl sites for hydroxylation is 1. The number of hydrogen-bond donors (Lipinski definition) is 2. The van der Waals surface area contributed by atoms with Crippen LogP contribution in [0.5, 0.6) is 0 Å². The zero-order valence-electron chi connectivity index (χ0n) is 19.3. The van der Waals surface area contributed by atoms with Crippen molar-refractivity contribution in [3.63, 3.8) is 0 Å². The largest absolute Gasteiger partial charge is 0.353 e. The number of likely N-dealkylation sites (tertiary alicyclic amines) is 1. The second-order valence-electron chi connectivity index (χ2n) is 9.85. The van der Waals surface area contributed by atoms with E-state index in [9.17, 15) is 14.4 Å². The number of benzene rings is 1. The number of imide groups is 1. The number of piperidine rings is 1. The number of carbonyl (C=O) groups excluding carboxylic acids is 3. The van der Waals surface area contributed by atoms with Gasteiger partial charge in [0.15, 0.2) is 0 Å². The lowest BCUT2D eigenvalue weighted by atomic mass is 9.67. The van der Waals surface area contributed by atoms with Crippen molar-refractivity contribution in [2.45, 2.75) is 70.4 Å². The van der Waals surface area contributed by atoms with E-state index in [2.05, 4.69) is 29.4 Å². The number of urea groups is 1. The zero-order valence-corrected chi connectivity index (χ0v) is 19.3. The number of hydrogen-bond acceptors (Lipinski definition) is 4.